The fourth-order valence-corrected chi connectivity index (χ4v) is 3.22. The van der Waals surface area contributed by atoms with Gasteiger partial charge in [-0.05, 0) is 0 Å². The zero-order chi connectivity index (χ0) is 18.6. The second-order valence-corrected chi connectivity index (χ2v) is 7.59. The average molecular weight is 375 g/mol. The number of aliphatic hydroxyl groups excluding tert-OH is 1. The Morgan fingerprint density at radius 1 is 1.52 bits per heavy atom. The molecule has 2 aromatic heterocycles. The molecule has 6 N–H and O–H groups in total. The summed E-state index contributed by atoms with van der Waals surface area (Å²) in [6, 6.07) is 0. The van der Waals surface area contributed by atoms with Crippen LogP contribution in [-0.4, -0.2) is 53.2 Å². The van der Waals surface area contributed by atoms with Crippen molar-refractivity contribution in [3.63, 3.8) is 0 Å². The number of fused-ring (bicyclic) bond motifs is 1. The van der Waals surface area contributed by atoms with Gasteiger partial charge in [0.2, 0.25) is 5.95 Å². The number of anilines is 1. The minimum absolute atomic E-state index is 0.0537. The maximum Gasteiger partial charge on any atom is 0.469 e. The van der Waals surface area contributed by atoms with Crippen LogP contribution in [0.2, 0.25) is 0 Å². The topological polar surface area (TPSA) is 186 Å². The monoisotopic (exact) mass is 375 g/mol. The highest BCUT2D eigenvalue weighted by Crippen LogP contribution is 2.47. The van der Waals surface area contributed by atoms with Crippen molar-refractivity contribution in [1.82, 2.24) is 19.5 Å². The third-order valence-corrected chi connectivity index (χ3v) is 4.65. The molecule has 13 heteroatoms. The van der Waals surface area contributed by atoms with Gasteiger partial charge < -0.3 is 25.4 Å². The molecule has 0 aliphatic carbocycles. The standard InChI is InChI=1S/C12H18N5O7P/c1-12(2)7(18)5(3-23-25(20,21)22)24-10(12)17-4-14-6-8(17)15-11(13)16-9(6)19/h4-5,7,10,18H,3H2,1-2H3,(H2,20,21,22)(H3,13,15,16,19)/t5-,7?,10-/m1/s1. The van der Waals surface area contributed by atoms with Gasteiger partial charge in [0.1, 0.15) is 12.3 Å². The van der Waals surface area contributed by atoms with Gasteiger partial charge in [0.25, 0.3) is 5.56 Å². The lowest BCUT2D eigenvalue weighted by atomic mass is 9.84. The number of phosphoric acid groups is 1. The number of hydrogen-bond donors (Lipinski definition) is 5. The van der Waals surface area contributed by atoms with E-state index in [1.165, 1.54) is 10.9 Å². The predicted molar refractivity (Wildman–Crippen MR) is 84.3 cm³/mol. The van der Waals surface area contributed by atoms with Crippen LogP contribution in [0.15, 0.2) is 11.1 Å². The van der Waals surface area contributed by atoms with Crippen molar-refractivity contribution in [1.29, 1.82) is 0 Å². The van der Waals surface area contributed by atoms with Crippen LogP contribution >= 0.6 is 7.82 Å². The first-order chi connectivity index (χ1) is 11.5. The van der Waals surface area contributed by atoms with E-state index < -0.39 is 43.8 Å². The molecule has 25 heavy (non-hydrogen) atoms. The van der Waals surface area contributed by atoms with Crippen LogP contribution in [0.3, 0.4) is 0 Å². The lowest BCUT2D eigenvalue weighted by Crippen LogP contribution is -2.36. The quantitative estimate of drug-likeness (QED) is 0.419. The molecule has 0 bridgehead atoms. The molecule has 1 aliphatic heterocycles. The fraction of sp³-hybridized carbons (Fsp3) is 0.583. The van der Waals surface area contributed by atoms with Crippen molar-refractivity contribution in [2.75, 3.05) is 12.3 Å². The summed E-state index contributed by atoms with van der Waals surface area (Å²) in [4.78, 5) is 39.9. The Balaban J connectivity index is 1.97. The molecule has 1 unspecified atom stereocenters. The summed E-state index contributed by atoms with van der Waals surface area (Å²) >= 11 is 0. The molecule has 3 heterocycles. The van der Waals surface area contributed by atoms with Crippen LogP contribution in [0.4, 0.5) is 5.95 Å². The molecule has 138 valence electrons. The first kappa shape index (κ1) is 18.0. The molecular weight excluding hydrogens is 357 g/mol. The van der Waals surface area contributed by atoms with E-state index in [-0.39, 0.29) is 17.1 Å². The van der Waals surface area contributed by atoms with Gasteiger partial charge in [0.15, 0.2) is 11.2 Å². The number of imidazole rings is 1. The predicted octanol–water partition coefficient (Wildman–Crippen LogP) is -0.904. The molecule has 0 aromatic carbocycles. The maximum absolute atomic E-state index is 11.9. The highest BCUT2D eigenvalue weighted by atomic mass is 31.2. The zero-order valence-corrected chi connectivity index (χ0v) is 14.3. The molecule has 1 saturated heterocycles. The first-order valence-corrected chi connectivity index (χ1v) is 8.79. The lowest BCUT2D eigenvalue weighted by molar-refractivity contribution is -0.0485. The number of nitrogen functional groups attached to an aromatic ring is 1. The van der Waals surface area contributed by atoms with E-state index in [1.807, 2.05) is 0 Å². The Labute approximate surface area is 140 Å². The fourth-order valence-electron chi connectivity index (χ4n) is 2.88. The highest BCUT2D eigenvalue weighted by Gasteiger charge is 2.51. The van der Waals surface area contributed by atoms with Gasteiger partial charge in [-0.25, -0.2) is 9.55 Å². The third kappa shape index (κ3) is 3.19. The molecule has 12 nitrogen and oxygen atoms in total. The maximum atomic E-state index is 11.9. The van der Waals surface area contributed by atoms with Gasteiger partial charge in [0.05, 0.1) is 19.0 Å². The van der Waals surface area contributed by atoms with Gasteiger partial charge >= 0.3 is 7.82 Å². The van der Waals surface area contributed by atoms with Gasteiger partial charge in [0, 0.05) is 5.41 Å². The number of nitrogens with one attached hydrogen (secondary N) is 1. The number of hydrogen-bond acceptors (Lipinski definition) is 8. The Hall–Kier alpha value is -1.82. The normalized spacial score (nSPS) is 26.4. The molecule has 2 aromatic rings. The third-order valence-electron chi connectivity index (χ3n) is 4.16. The number of ether oxygens (including phenoxy) is 1. The van der Waals surface area contributed by atoms with E-state index in [4.69, 9.17) is 20.3 Å². The second-order valence-electron chi connectivity index (χ2n) is 6.35. The zero-order valence-electron chi connectivity index (χ0n) is 13.4. The number of aromatic amines is 1. The van der Waals surface area contributed by atoms with Crippen LogP contribution in [0.1, 0.15) is 20.1 Å². The van der Waals surface area contributed by atoms with Crippen LogP contribution in [0, 0.1) is 5.41 Å². The van der Waals surface area contributed by atoms with Crippen molar-refractivity contribution in [2.45, 2.75) is 32.3 Å². The summed E-state index contributed by atoms with van der Waals surface area (Å²) in [7, 11) is -4.70. The average Bonchev–Trinajstić information content (AvgIpc) is 2.97. The number of rotatable bonds is 4. The number of phosphoric ester groups is 1. The minimum Gasteiger partial charge on any atom is -0.390 e. The minimum atomic E-state index is -4.70. The molecule has 0 amide bonds. The van der Waals surface area contributed by atoms with Gasteiger partial charge in [-0.3, -0.25) is 18.9 Å². The largest absolute Gasteiger partial charge is 0.469 e. The number of aliphatic hydroxyl groups is 1. The van der Waals surface area contributed by atoms with E-state index in [9.17, 15) is 14.5 Å². The molecule has 0 spiro atoms. The van der Waals surface area contributed by atoms with Gasteiger partial charge in [-0.15, -0.1) is 0 Å². The van der Waals surface area contributed by atoms with Crippen LogP contribution < -0.4 is 11.3 Å². The van der Waals surface area contributed by atoms with E-state index in [0.29, 0.717) is 0 Å². The molecular formula is C12H18N5O7P. The first-order valence-electron chi connectivity index (χ1n) is 7.26. The smallest absolute Gasteiger partial charge is 0.390 e. The number of aromatic nitrogens is 4. The van der Waals surface area contributed by atoms with E-state index in [2.05, 4.69) is 19.5 Å². The summed E-state index contributed by atoms with van der Waals surface area (Å²) in [5, 5.41) is 10.5. The Kier molecular flexibility index (Phi) is 4.22. The van der Waals surface area contributed by atoms with Crippen molar-refractivity contribution in [2.24, 2.45) is 5.41 Å². The molecule has 0 saturated carbocycles. The van der Waals surface area contributed by atoms with Crippen LogP contribution in [0.25, 0.3) is 11.2 Å². The highest BCUT2D eigenvalue weighted by molar-refractivity contribution is 7.46. The van der Waals surface area contributed by atoms with Gasteiger partial charge in [-0.1, -0.05) is 13.8 Å². The number of nitrogens with zero attached hydrogens (tertiary/aromatic N) is 3. The van der Waals surface area contributed by atoms with Crippen molar-refractivity contribution >= 4 is 24.9 Å². The molecule has 3 atom stereocenters. The van der Waals surface area contributed by atoms with Crippen molar-refractivity contribution in [3.05, 3.63) is 16.7 Å². The van der Waals surface area contributed by atoms with Crippen LogP contribution in [-0.2, 0) is 13.8 Å². The summed E-state index contributed by atoms with van der Waals surface area (Å²) in [6.45, 7) is 2.89. The van der Waals surface area contributed by atoms with Crippen molar-refractivity contribution < 1.29 is 28.7 Å². The van der Waals surface area contributed by atoms with Crippen LogP contribution in [0.5, 0.6) is 0 Å². The SMILES string of the molecule is CC1(C)C(O)[C@@H](COP(=O)(O)O)O[C@H]1n1cnc2c(=O)[nH]c(N)nc21. The summed E-state index contributed by atoms with van der Waals surface area (Å²) in [5.41, 5.74) is 4.38. The summed E-state index contributed by atoms with van der Waals surface area (Å²) < 4.78 is 22.5. The van der Waals surface area contributed by atoms with E-state index in [1.54, 1.807) is 13.8 Å². The van der Waals surface area contributed by atoms with Gasteiger partial charge in [-0.2, -0.15) is 4.98 Å². The Morgan fingerprint density at radius 2 is 2.20 bits per heavy atom. The van der Waals surface area contributed by atoms with E-state index >= 15 is 0 Å². The lowest BCUT2D eigenvalue weighted by Gasteiger charge is -2.28. The molecule has 1 aliphatic rings. The summed E-state index contributed by atoms with van der Waals surface area (Å²) in [6.07, 6.45) is -1.57. The Bertz CT molecular complexity index is 903. The molecule has 3 rings (SSSR count). The number of nitrogens with two attached hydrogens (primary N) is 1. The summed E-state index contributed by atoms with van der Waals surface area (Å²) in [5.74, 6) is -0.100. The Morgan fingerprint density at radius 3 is 2.84 bits per heavy atom. The van der Waals surface area contributed by atoms with Crippen molar-refractivity contribution in [3.8, 4) is 0 Å². The molecule has 0 radical (unpaired) electrons. The second kappa shape index (κ2) is 5.87. The number of H-pyrrole nitrogens is 1. The van der Waals surface area contributed by atoms with E-state index in [0.717, 1.165) is 0 Å². The molecule has 1 fully saturated rings.